The number of halogens is 1. The second-order valence-electron chi connectivity index (χ2n) is 5.93. The van der Waals surface area contributed by atoms with Crippen molar-refractivity contribution < 1.29 is 14.3 Å². The SMILES string of the molecule is Cl.O=C(CN1CCOCC1)N(CCOc1ccccc1)c1ccccc1. The zero-order chi connectivity index (χ0) is 17.3. The van der Waals surface area contributed by atoms with E-state index >= 15 is 0 Å². The van der Waals surface area contributed by atoms with Gasteiger partial charge in [-0.05, 0) is 24.3 Å². The fourth-order valence-corrected chi connectivity index (χ4v) is 2.81. The predicted molar refractivity (Wildman–Crippen MR) is 105 cm³/mol. The van der Waals surface area contributed by atoms with Gasteiger partial charge < -0.3 is 14.4 Å². The molecule has 0 saturated carbocycles. The number of anilines is 1. The molecule has 0 aliphatic carbocycles. The average Bonchev–Trinajstić information content (AvgIpc) is 2.67. The summed E-state index contributed by atoms with van der Waals surface area (Å²) >= 11 is 0. The number of para-hydroxylation sites is 2. The summed E-state index contributed by atoms with van der Waals surface area (Å²) < 4.78 is 11.1. The van der Waals surface area contributed by atoms with Gasteiger partial charge in [-0.25, -0.2) is 0 Å². The summed E-state index contributed by atoms with van der Waals surface area (Å²) in [5.74, 6) is 0.904. The largest absolute Gasteiger partial charge is 0.492 e. The van der Waals surface area contributed by atoms with Crippen LogP contribution < -0.4 is 9.64 Å². The number of ether oxygens (including phenoxy) is 2. The number of nitrogens with zero attached hydrogens (tertiary/aromatic N) is 2. The van der Waals surface area contributed by atoms with Gasteiger partial charge in [0.1, 0.15) is 12.4 Å². The van der Waals surface area contributed by atoms with Crippen molar-refractivity contribution in [3.05, 3.63) is 60.7 Å². The molecule has 1 fully saturated rings. The first kappa shape index (κ1) is 20.2. The monoisotopic (exact) mass is 376 g/mol. The van der Waals surface area contributed by atoms with E-state index in [9.17, 15) is 4.79 Å². The second-order valence-corrected chi connectivity index (χ2v) is 5.93. The van der Waals surface area contributed by atoms with E-state index in [-0.39, 0.29) is 18.3 Å². The van der Waals surface area contributed by atoms with Crippen molar-refractivity contribution in [2.24, 2.45) is 0 Å². The maximum absolute atomic E-state index is 12.8. The van der Waals surface area contributed by atoms with Crippen LogP contribution in [0.4, 0.5) is 5.69 Å². The van der Waals surface area contributed by atoms with Crippen molar-refractivity contribution in [1.29, 1.82) is 0 Å². The summed E-state index contributed by atoms with van der Waals surface area (Å²) in [6.07, 6.45) is 0. The Morgan fingerprint density at radius 1 is 1.00 bits per heavy atom. The summed E-state index contributed by atoms with van der Waals surface area (Å²) in [5.41, 5.74) is 0.900. The molecule has 140 valence electrons. The Kier molecular flexibility index (Phi) is 8.41. The molecule has 1 aliphatic rings. The molecule has 0 bridgehead atoms. The molecule has 2 aromatic carbocycles. The third-order valence-corrected chi connectivity index (χ3v) is 4.16. The van der Waals surface area contributed by atoms with Crippen LogP contribution in [0.15, 0.2) is 60.7 Å². The average molecular weight is 377 g/mol. The molecule has 1 amide bonds. The fourth-order valence-electron chi connectivity index (χ4n) is 2.81. The number of hydrogen-bond acceptors (Lipinski definition) is 4. The summed E-state index contributed by atoms with van der Waals surface area (Å²) in [6.45, 7) is 4.36. The van der Waals surface area contributed by atoms with Crippen LogP contribution in [0.5, 0.6) is 5.75 Å². The first-order valence-corrected chi connectivity index (χ1v) is 8.66. The van der Waals surface area contributed by atoms with Crippen LogP contribution in [-0.4, -0.2) is 56.8 Å². The molecule has 3 rings (SSSR count). The summed E-state index contributed by atoms with van der Waals surface area (Å²) in [6, 6.07) is 19.4. The van der Waals surface area contributed by atoms with Crippen molar-refractivity contribution in [2.45, 2.75) is 0 Å². The lowest BCUT2D eigenvalue weighted by atomic mass is 10.2. The van der Waals surface area contributed by atoms with Crippen LogP contribution in [0.3, 0.4) is 0 Å². The van der Waals surface area contributed by atoms with E-state index in [0.29, 0.717) is 32.9 Å². The lowest BCUT2D eigenvalue weighted by molar-refractivity contribution is -0.120. The lowest BCUT2D eigenvalue weighted by Gasteiger charge is -2.29. The number of hydrogen-bond donors (Lipinski definition) is 0. The zero-order valence-electron chi connectivity index (χ0n) is 14.8. The molecular weight excluding hydrogens is 352 g/mol. The summed E-state index contributed by atoms with van der Waals surface area (Å²) in [5, 5.41) is 0. The first-order chi connectivity index (χ1) is 12.3. The molecule has 6 heteroatoms. The first-order valence-electron chi connectivity index (χ1n) is 8.66. The Hall–Kier alpha value is -2.08. The minimum absolute atomic E-state index is 0. The van der Waals surface area contributed by atoms with Gasteiger partial charge in [0.15, 0.2) is 0 Å². The number of morpholine rings is 1. The standard InChI is InChI=1S/C20H24N2O3.ClH/c23-20(17-21-11-14-24-15-12-21)22(18-7-3-1-4-8-18)13-16-25-19-9-5-2-6-10-19;/h1-10H,11-17H2;1H. The minimum Gasteiger partial charge on any atom is -0.492 e. The van der Waals surface area contributed by atoms with Gasteiger partial charge in [-0.2, -0.15) is 0 Å². The van der Waals surface area contributed by atoms with Crippen LogP contribution >= 0.6 is 12.4 Å². The maximum atomic E-state index is 12.8. The van der Waals surface area contributed by atoms with E-state index in [0.717, 1.165) is 24.5 Å². The van der Waals surface area contributed by atoms with Crippen LogP contribution in [0, 0.1) is 0 Å². The Bertz CT molecular complexity index is 649. The third kappa shape index (κ3) is 6.02. The Morgan fingerprint density at radius 3 is 2.27 bits per heavy atom. The highest BCUT2D eigenvalue weighted by Gasteiger charge is 2.20. The summed E-state index contributed by atoms with van der Waals surface area (Å²) in [7, 11) is 0. The van der Waals surface area contributed by atoms with Gasteiger partial charge in [0, 0.05) is 18.8 Å². The van der Waals surface area contributed by atoms with Crippen molar-refractivity contribution in [3.63, 3.8) is 0 Å². The smallest absolute Gasteiger partial charge is 0.241 e. The van der Waals surface area contributed by atoms with Gasteiger partial charge in [-0.1, -0.05) is 36.4 Å². The molecule has 5 nitrogen and oxygen atoms in total. The van der Waals surface area contributed by atoms with Gasteiger partial charge in [0.2, 0.25) is 5.91 Å². The van der Waals surface area contributed by atoms with Crippen molar-refractivity contribution >= 4 is 24.0 Å². The number of amides is 1. The fraction of sp³-hybridized carbons (Fsp3) is 0.350. The van der Waals surface area contributed by atoms with Crippen LogP contribution in [-0.2, 0) is 9.53 Å². The van der Waals surface area contributed by atoms with Crippen molar-refractivity contribution in [1.82, 2.24) is 4.90 Å². The van der Waals surface area contributed by atoms with Gasteiger partial charge >= 0.3 is 0 Å². The highest BCUT2D eigenvalue weighted by molar-refractivity contribution is 5.94. The quantitative estimate of drug-likeness (QED) is 0.745. The van der Waals surface area contributed by atoms with Crippen LogP contribution in [0.2, 0.25) is 0 Å². The van der Waals surface area contributed by atoms with E-state index in [4.69, 9.17) is 9.47 Å². The van der Waals surface area contributed by atoms with Gasteiger partial charge in [0.05, 0.1) is 26.3 Å². The molecule has 0 N–H and O–H groups in total. The third-order valence-electron chi connectivity index (χ3n) is 4.16. The lowest BCUT2D eigenvalue weighted by Crippen LogP contribution is -2.46. The molecule has 0 atom stereocenters. The molecule has 0 spiro atoms. The van der Waals surface area contributed by atoms with E-state index < -0.39 is 0 Å². The number of carbonyl (C=O) groups excluding carboxylic acids is 1. The van der Waals surface area contributed by atoms with E-state index in [1.54, 1.807) is 4.90 Å². The van der Waals surface area contributed by atoms with Gasteiger partial charge in [-0.15, -0.1) is 12.4 Å². The topological polar surface area (TPSA) is 42.0 Å². The molecular formula is C20H25ClN2O3. The minimum atomic E-state index is 0. The Morgan fingerprint density at radius 2 is 1.62 bits per heavy atom. The molecule has 0 aromatic heterocycles. The molecule has 0 radical (unpaired) electrons. The van der Waals surface area contributed by atoms with Crippen molar-refractivity contribution in [3.8, 4) is 5.75 Å². The van der Waals surface area contributed by atoms with E-state index in [1.807, 2.05) is 60.7 Å². The van der Waals surface area contributed by atoms with E-state index in [2.05, 4.69) is 4.90 Å². The number of carbonyl (C=O) groups is 1. The van der Waals surface area contributed by atoms with E-state index in [1.165, 1.54) is 0 Å². The highest BCUT2D eigenvalue weighted by Crippen LogP contribution is 2.15. The molecule has 0 unspecified atom stereocenters. The Labute approximate surface area is 160 Å². The number of benzene rings is 2. The maximum Gasteiger partial charge on any atom is 0.241 e. The predicted octanol–water partition coefficient (Wildman–Crippen LogP) is 2.85. The summed E-state index contributed by atoms with van der Waals surface area (Å²) in [4.78, 5) is 16.8. The molecule has 1 saturated heterocycles. The van der Waals surface area contributed by atoms with Gasteiger partial charge in [-0.3, -0.25) is 9.69 Å². The Balaban J connectivity index is 0.00000243. The van der Waals surface area contributed by atoms with Crippen LogP contribution in [0.25, 0.3) is 0 Å². The highest BCUT2D eigenvalue weighted by atomic mass is 35.5. The van der Waals surface area contributed by atoms with Gasteiger partial charge in [0.25, 0.3) is 0 Å². The molecule has 26 heavy (non-hydrogen) atoms. The second kappa shape index (κ2) is 10.8. The van der Waals surface area contributed by atoms with Crippen molar-refractivity contribution in [2.75, 3.05) is 50.9 Å². The molecule has 1 aliphatic heterocycles. The van der Waals surface area contributed by atoms with Crippen LogP contribution in [0.1, 0.15) is 0 Å². The molecule has 1 heterocycles. The zero-order valence-corrected chi connectivity index (χ0v) is 15.6. The normalized spacial score (nSPS) is 14.3. The number of rotatable bonds is 7. The molecule has 2 aromatic rings.